The highest BCUT2D eigenvalue weighted by molar-refractivity contribution is 6.03. The molecule has 0 radical (unpaired) electrons. The summed E-state index contributed by atoms with van der Waals surface area (Å²) in [5.41, 5.74) is -1.71. The molecule has 0 bridgehead atoms. The normalized spacial score (nSPS) is 11.8. The van der Waals surface area contributed by atoms with Crippen molar-refractivity contribution in [3.63, 3.8) is 0 Å². The van der Waals surface area contributed by atoms with Crippen LogP contribution in [0.3, 0.4) is 0 Å². The second kappa shape index (κ2) is 10.2. The summed E-state index contributed by atoms with van der Waals surface area (Å²) in [6.07, 6.45) is 0.564. The predicted octanol–water partition coefficient (Wildman–Crippen LogP) is 5.65. The average molecular weight is 430 g/mol. The van der Waals surface area contributed by atoms with E-state index >= 15 is 0 Å². The monoisotopic (exact) mass is 430 g/mol. The number of hydrogen-bond acceptors (Lipinski definition) is 4. The van der Waals surface area contributed by atoms with Crippen molar-refractivity contribution in [2.24, 2.45) is 0 Å². The van der Waals surface area contributed by atoms with E-state index in [0.717, 1.165) is 19.8 Å². The molecule has 0 aliphatic carbocycles. The minimum absolute atomic E-state index is 0.136. The van der Waals surface area contributed by atoms with Gasteiger partial charge < -0.3 is 9.47 Å². The smallest absolute Gasteiger partial charge is 0.339 e. The molecule has 0 spiro atoms. The predicted molar refractivity (Wildman–Crippen MR) is 96.3 cm³/mol. The number of hydrogen-bond donors (Lipinski definition) is 0. The zero-order valence-corrected chi connectivity index (χ0v) is 16.2. The van der Waals surface area contributed by atoms with Crippen LogP contribution >= 0.6 is 0 Å². The highest BCUT2D eigenvalue weighted by Crippen LogP contribution is 2.30. The Bertz CT molecular complexity index is 916. The molecule has 0 N–H and O–H groups in total. The lowest BCUT2D eigenvalue weighted by atomic mass is 10.1. The standard InChI is InChI=1S/C21H19F5O4/c1-3-4-7-10-29-20(27)12-8-5-6-9-13(12)21(28)30-11(2)14-15(22)17(24)19(26)18(25)16(14)23/h5-6,8-9,11H,3-4,7,10H2,1-2H3. The molecular formula is C21H19F5O4. The first-order valence-corrected chi connectivity index (χ1v) is 9.19. The highest BCUT2D eigenvalue weighted by atomic mass is 19.2. The van der Waals surface area contributed by atoms with Crippen LogP contribution in [0.1, 0.15) is 65.5 Å². The van der Waals surface area contributed by atoms with Crippen molar-refractivity contribution in [2.75, 3.05) is 6.61 Å². The molecule has 0 fully saturated rings. The molecule has 0 aliphatic heterocycles. The first-order valence-electron chi connectivity index (χ1n) is 9.19. The van der Waals surface area contributed by atoms with Crippen LogP contribution in [0.25, 0.3) is 0 Å². The van der Waals surface area contributed by atoms with E-state index in [0.29, 0.717) is 6.42 Å². The number of unbranched alkanes of at least 4 members (excludes halogenated alkanes) is 2. The van der Waals surface area contributed by atoms with Gasteiger partial charge in [0.15, 0.2) is 23.3 Å². The average Bonchev–Trinajstić information content (AvgIpc) is 2.73. The summed E-state index contributed by atoms with van der Waals surface area (Å²) in [6.45, 7) is 3.05. The zero-order chi connectivity index (χ0) is 22.4. The Morgan fingerprint density at radius 3 is 1.87 bits per heavy atom. The van der Waals surface area contributed by atoms with E-state index in [-0.39, 0.29) is 17.7 Å². The first-order chi connectivity index (χ1) is 14.2. The fourth-order valence-corrected chi connectivity index (χ4v) is 2.70. The van der Waals surface area contributed by atoms with Crippen LogP contribution in [0.2, 0.25) is 0 Å². The van der Waals surface area contributed by atoms with Gasteiger partial charge >= 0.3 is 11.9 Å². The number of halogens is 5. The quantitative estimate of drug-likeness (QED) is 0.179. The molecular weight excluding hydrogens is 411 g/mol. The van der Waals surface area contributed by atoms with Gasteiger partial charge in [-0.1, -0.05) is 31.9 Å². The van der Waals surface area contributed by atoms with E-state index in [9.17, 15) is 31.5 Å². The first kappa shape index (κ1) is 23.3. The number of rotatable bonds is 8. The van der Waals surface area contributed by atoms with Crippen molar-refractivity contribution in [1.82, 2.24) is 0 Å². The summed E-state index contributed by atoms with van der Waals surface area (Å²) in [5.74, 6) is -12.8. The third-order valence-corrected chi connectivity index (χ3v) is 4.28. The number of carbonyl (C=O) groups excluding carboxylic acids is 2. The largest absolute Gasteiger partial charge is 0.462 e. The minimum atomic E-state index is -2.32. The molecule has 162 valence electrons. The molecule has 1 unspecified atom stereocenters. The van der Waals surface area contributed by atoms with Gasteiger partial charge in [0.1, 0.15) is 6.10 Å². The fourth-order valence-electron chi connectivity index (χ4n) is 2.70. The summed E-state index contributed by atoms with van der Waals surface area (Å²) in [5, 5.41) is 0. The molecule has 0 saturated heterocycles. The number of esters is 2. The van der Waals surface area contributed by atoms with Crippen LogP contribution in [0.4, 0.5) is 22.0 Å². The molecule has 2 aromatic rings. The van der Waals surface area contributed by atoms with Crippen LogP contribution in [-0.2, 0) is 9.47 Å². The molecule has 4 nitrogen and oxygen atoms in total. The van der Waals surface area contributed by atoms with E-state index in [4.69, 9.17) is 9.47 Å². The third-order valence-electron chi connectivity index (χ3n) is 4.28. The van der Waals surface area contributed by atoms with Crippen molar-refractivity contribution in [2.45, 2.75) is 39.2 Å². The summed E-state index contributed by atoms with van der Waals surface area (Å²) < 4.78 is 77.8. The second-order valence-corrected chi connectivity index (χ2v) is 6.42. The minimum Gasteiger partial charge on any atom is -0.462 e. The van der Waals surface area contributed by atoms with E-state index in [1.165, 1.54) is 24.3 Å². The molecule has 0 aromatic heterocycles. The van der Waals surface area contributed by atoms with Crippen molar-refractivity contribution in [1.29, 1.82) is 0 Å². The van der Waals surface area contributed by atoms with Gasteiger partial charge in [0.25, 0.3) is 0 Å². The number of ether oxygens (including phenoxy) is 2. The van der Waals surface area contributed by atoms with Gasteiger partial charge in [-0.05, 0) is 25.5 Å². The lowest BCUT2D eigenvalue weighted by molar-refractivity contribution is 0.0307. The molecule has 0 aliphatic rings. The van der Waals surface area contributed by atoms with Gasteiger partial charge in [-0.15, -0.1) is 0 Å². The van der Waals surface area contributed by atoms with E-state index in [1.54, 1.807) is 0 Å². The second-order valence-electron chi connectivity index (χ2n) is 6.42. The Labute approximate surface area is 169 Å². The Hall–Kier alpha value is -2.97. The number of carbonyl (C=O) groups is 2. The van der Waals surface area contributed by atoms with Crippen LogP contribution in [0, 0.1) is 29.1 Å². The summed E-state index contributed by atoms with van der Waals surface area (Å²) in [7, 11) is 0. The van der Waals surface area contributed by atoms with Crippen molar-refractivity contribution in [3.05, 3.63) is 70.0 Å². The fraction of sp³-hybridized carbons (Fsp3) is 0.333. The van der Waals surface area contributed by atoms with Gasteiger partial charge in [-0.3, -0.25) is 0 Å². The molecule has 0 saturated carbocycles. The summed E-state index contributed by atoms with van der Waals surface area (Å²) in [4.78, 5) is 24.7. The lowest BCUT2D eigenvalue weighted by Gasteiger charge is -2.17. The van der Waals surface area contributed by atoms with Gasteiger partial charge in [-0.25, -0.2) is 31.5 Å². The maximum Gasteiger partial charge on any atom is 0.339 e. The van der Waals surface area contributed by atoms with Gasteiger partial charge in [0.05, 0.1) is 23.3 Å². The molecule has 2 rings (SSSR count). The summed E-state index contributed by atoms with van der Waals surface area (Å²) >= 11 is 0. The van der Waals surface area contributed by atoms with Gasteiger partial charge in [0.2, 0.25) is 5.82 Å². The highest BCUT2D eigenvalue weighted by Gasteiger charge is 2.31. The summed E-state index contributed by atoms with van der Waals surface area (Å²) in [6, 6.07) is 5.39. The van der Waals surface area contributed by atoms with E-state index in [2.05, 4.69) is 0 Å². The zero-order valence-electron chi connectivity index (χ0n) is 16.2. The van der Waals surface area contributed by atoms with Crippen LogP contribution < -0.4 is 0 Å². The Balaban J connectivity index is 2.24. The van der Waals surface area contributed by atoms with Crippen LogP contribution in [0.15, 0.2) is 24.3 Å². The SMILES string of the molecule is CCCCCOC(=O)c1ccccc1C(=O)OC(C)c1c(F)c(F)c(F)c(F)c1F. The molecule has 0 amide bonds. The molecule has 9 heteroatoms. The van der Waals surface area contributed by atoms with Crippen molar-refractivity contribution in [3.8, 4) is 0 Å². The maximum atomic E-state index is 13.9. The van der Waals surface area contributed by atoms with Crippen LogP contribution in [-0.4, -0.2) is 18.5 Å². The van der Waals surface area contributed by atoms with Crippen LogP contribution in [0.5, 0.6) is 0 Å². The number of benzene rings is 2. The maximum absolute atomic E-state index is 13.9. The van der Waals surface area contributed by atoms with Gasteiger partial charge in [-0.2, -0.15) is 0 Å². The topological polar surface area (TPSA) is 52.6 Å². The van der Waals surface area contributed by atoms with Crippen molar-refractivity contribution >= 4 is 11.9 Å². The van der Waals surface area contributed by atoms with Gasteiger partial charge in [0, 0.05) is 0 Å². The van der Waals surface area contributed by atoms with E-state index < -0.39 is 52.7 Å². The molecule has 30 heavy (non-hydrogen) atoms. The lowest BCUT2D eigenvalue weighted by Crippen LogP contribution is -2.18. The Kier molecular flexibility index (Phi) is 7.91. The van der Waals surface area contributed by atoms with E-state index in [1.807, 2.05) is 6.92 Å². The Morgan fingerprint density at radius 1 is 0.833 bits per heavy atom. The third kappa shape index (κ3) is 4.95. The van der Waals surface area contributed by atoms with Crippen molar-refractivity contribution < 1.29 is 41.0 Å². The molecule has 0 heterocycles. The molecule has 2 aromatic carbocycles. The Morgan fingerprint density at radius 2 is 1.33 bits per heavy atom. The molecule has 1 atom stereocenters.